The van der Waals surface area contributed by atoms with Crippen LogP contribution in [-0.2, 0) is 13.2 Å². The lowest BCUT2D eigenvalue weighted by Crippen LogP contribution is -2.48. The first-order chi connectivity index (χ1) is 16.4. The first-order valence-electron chi connectivity index (χ1n) is 10.5. The molecule has 1 amide bonds. The predicted molar refractivity (Wildman–Crippen MR) is 113 cm³/mol. The molecule has 10 heteroatoms. The van der Waals surface area contributed by atoms with Gasteiger partial charge in [0.1, 0.15) is 18.1 Å². The smallest absolute Gasteiger partial charge is 0.289 e. The summed E-state index contributed by atoms with van der Waals surface area (Å²) < 4.78 is 69.6. The van der Waals surface area contributed by atoms with Crippen LogP contribution in [0.1, 0.15) is 21.9 Å². The summed E-state index contributed by atoms with van der Waals surface area (Å²) in [4.78, 5) is 16.6. The zero-order valence-corrected chi connectivity index (χ0v) is 18.3. The first kappa shape index (κ1) is 23.6. The lowest BCUT2D eigenvalue weighted by molar-refractivity contribution is 0.0594. The summed E-state index contributed by atoms with van der Waals surface area (Å²) >= 11 is 0. The summed E-state index contributed by atoms with van der Waals surface area (Å²) in [6.45, 7) is 2.54. The van der Waals surface area contributed by atoms with E-state index in [4.69, 9.17) is 13.9 Å². The van der Waals surface area contributed by atoms with Crippen LogP contribution < -0.4 is 9.47 Å². The Labute approximate surface area is 193 Å². The average Bonchev–Trinajstić information content (AvgIpc) is 3.32. The van der Waals surface area contributed by atoms with Gasteiger partial charge in [0.05, 0.1) is 7.11 Å². The Balaban J connectivity index is 1.32. The standard InChI is InChI=1S/C24H22F4N2O4/c1-32-16-4-2-3-15(11-16)13-29-7-9-30(10-8-29)24(31)20-6-5-17(34-20)14-33-23-21(27)18(25)12-19(26)22(23)28/h2-6,11-12H,7-10,13-14H2,1H3. The number of ether oxygens (including phenoxy) is 2. The molecule has 2 heterocycles. The third kappa shape index (κ3) is 5.17. The van der Waals surface area contributed by atoms with Gasteiger partial charge in [0.15, 0.2) is 23.1 Å². The molecule has 6 nitrogen and oxygen atoms in total. The molecule has 0 radical (unpaired) electrons. The highest BCUT2D eigenvalue weighted by Gasteiger charge is 2.25. The lowest BCUT2D eigenvalue weighted by atomic mass is 10.2. The van der Waals surface area contributed by atoms with E-state index in [0.29, 0.717) is 26.2 Å². The van der Waals surface area contributed by atoms with Gasteiger partial charge in [0.2, 0.25) is 11.6 Å². The highest BCUT2D eigenvalue weighted by atomic mass is 19.2. The number of nitrogens with zero attached hydrogens (tertiary/aromatic N) is 2. The van der Waals surface area contributed by atoms with Crippen LogP contribution in [0.25, 0.3) is 0 Å². The maximum absolute atomic E-state index is 13.7. The maximum Gasteiger partial charge on any atom is 0.289 e. The quantitative estimate of drug-likeness (QED) is 0.373. The fourth-order valence-electron chi connectivity index (χ4n) is 3.69. The molecule has 34 heavy (non-hydrogen) atoms. The molecule has 4 rings (SSSR count). The van der Waals surface area contributed by atoms with E-state index in [9.17, 15) is 22.4 Å². The van der Waals surface area contributed by atoms with E-state index in [2.05, 4.69) is 4.90 Å². The largest absolute Gasteiger partial charge is 0.497 e. The van der Waals surface area contributed by atoms with Gasteiger partial charge < -0.3 is 18.8 Å². The van der Waals surface area contributed by atoms with E-state index >= 15 is 0 Å². The molecule has 3 aromatic rings. The molecule has 0 spiro atoms. The van der Waals surface area contributed by atoms with Crippen LogP contribution in [0.4, 0.5) is 17.6 Å². The van der Waals surface area contributed by atoms with Gasteiger partial charge in [-0.25, -0.2) is 8.78 Å². The van der Waals surface area contributed by atoms with Gasteiger partial charge in [-0.15, -0.1) is 0 Å². The van der Waals surface area contributed by atoms with Crippen LogP contribution in [-0.4, -0.2) is 49.0 Å². The molecular weight excluding hydrogens is 456 g/mol. The van der Waals surface area contributed by atoms with Crippen molar-refractivity contribution in [3.05, 3.63) is 82.8 Å². The normalized spacial score (nSPS) is 14.3. The van der Waals surface area contributed by atoms with E-state index in [-0.39, 0.29) is 23.5 Å². The van der Waals surface area contributed by atoms with Gasteiger partial charge in [-0.1, -0.05) is 12.1 Å². The fraction of sp³-hybridized carbons (Fsp3) is 0.292. The van der Waals surface area contributed by atoms with Crippen molar-refractivity contribution < 1.29 is 36.2 Å². The average molecular weight is 478 g/mol. The molecule has 1 aliphatic rings. The number of carbonyl (C=O) groups excluding carboxylic acids is 1. The maximum atomic E-state index is 13.7. The Hall–Kier alpha value is -3.53. The molecule has 0 saturated carbocycles. The van der Waals surface area contributed by atoms with Crippen LogP contribution in [0, 0.1) is 23.3 Å². The number of furan rings is 1. The molecule has 1 saturated heterocycles. The molecule has 180 valence electrons. The monoisotopic (exact) mass is 478 g/mol. The van der Waals surface area contributed by atoms with Gasteiger partial charge in [0.25, 0.3) is 5.91 Å². The number of hydrogen-bond donors (Lipinski definition) is 0. The van der Waals surface area contributed by atoms with Crippen molar-refractivity contribution in [3.8, 4) is 11.5 Å². The molecule has 0 atom stereocenters. The van der Waals surface area contributed by atoms with Crippen molar-refractivity contribution in [2.45, 2.75) is 13.2 Å². The molecule has 1 aromatic heterocycles. The Bertz CT molecular complexity index is 1150. The number of amides is 1. The van der Waals surface area contributed by atoms with Crippen LogP contribution in [0.15, 0.2) is 46.9 Å². The van der Waals surface area contributed by atoms with Crippen LogP contribution in [0.5, 0.6) is 11.5 Å². The number of rotatable bonds is 7. The van der Waals surface area contributed by atoms with E-state index < -0.39 is 35.6 Å². The summed E-state index contributed by atoms with van der Waals surface area (Å²) in [5, 5.41) is 0. The first-order valence-corrected chi connectivity index (χ1v) is 10.5. The summed E-state index contributed by atoms with van der Waals surface area (Å²) in [5.41, 5.74) is 1.11. The number of benzene rings is 2. The van der Waals surface area contributed by atoms with Crippen molar-refractivity contribution in [2.24, 2.45) is 0 Å². The minimum atomic E-state index is -1.64. The minimum absolute atomic E-state index is 0.0335. The van der Waals surface area contributed by atoms with Crippen molar-refractivity contribution in [1.82, 2.24) is 9.80 Å². The molecule has 0 N–H and O–H groups in total. The highest BCUT2D eigenvalue weighted by molar-refractivity contribution is 5.91. The van der Waals surface area contributed by atoms with Crippen LogP contribution in [0.3, 0.4) is 0 Å². The number of halogens is 4. The molecular formula is C24H22F4N2O4. The van der Waals surface area contributed by atoms with Gasteiger partial charge in [-0.3, -0.25) is 9.69 Å². The second-order valence-corrected chi connectivity index (χ2v) is 7.77. The molecule has 0 aliphatic carbocycles. The number of hydrogen-bond acceptors (Lipinski definition) is 5. The molecule has 0 unspecified atom stereocenters. The zero-order chi connectivity index (χ0) is 24.2. The predicted octanol–water partition coefficient (Wildman–Crippen LogP) is 4.38. The van der Waals surface area contributed by atoms with E-state index in [1.165, 1.54) is 12.1 Å². The summed E-state index contributed by atoms with van der Waals surface area (Å²) in [6, 6.07) is 10.7. The summed E-state index contributed by atoms with van der Waals surface area (Å²) in [5.74, 6) is -7.06. The third-order valence-corrected chi connectivity index (χ3v) is 5.50. The second kappa shape index (κ2) is 10.2. The molecule has 1 fully saturated rings. The molecule has 2 aromatic carbocycles. The van der Waals surface area contributed by atoms with E-state index in [0.717, 1.165) is 17.9 Å². The van der Waals surface area contributed by atoms with Gasteiger partial charge in [-0.2, -0.15) is 8.78 Å². The van der Waals surface area contributed by atoms with Crippen molar-refractivity contribution in [1.29, 1.82) is 0 Å². The van der Waals surface area contributed by atoms with Crippen LogP contribution in [0.2, 0.25) is 0 Å². The summed E-state index contributed by atoms with van der Waals surface area (Å²) in [7, 11) is 1.62. The number of piperazine rings is 1. The number of carbonyl (C=O) groups is 1. The molecule has 1 aliphatic heterocycles. The van der Waals surface area contributed by atoms with Gasteiger partial charge in [0, 0.05) is 38.8 Å². The summed E-state index contributed by atoms with van der Waals surface area (Å²) in [6.07, 6.45) is 0. The van der Waals surface area contributed by atoms with Crippen molar-refractivity contribution in [3.63, 3.8) is 0 Å². The Kier molecular flexibility index (Phi) is 7.06. The zero-order valence-electron chi connectivity index (χ0n) is 18.3. The fourth-order valence-corrected chi connectivity index (χ4v) is 3.69. The lowest BCUT2D eigenvalue weighted by Gasteiger charge is -2.34. The third-order valence-electron chi connectivity index (χ3n) is 5.50. The number of methoxy groups -OCH3 is 1. The van der Waals surface area contributed by atoms with Crippen LogP contribution >= 0.6 is 0 Å². The van der Waals surface area contributed by atoms with E-state index in [1.807, 2.05) is 24.3 Å². The van der Waals surface area contributed by atoms with E-state index in [1.54, 1.807) is 12.0 Å². The van der Waals surface area contributed by atoms with Gasteiger partial charge >= 0.3 is 0 Å². The minimum Gasteiger partial charge on any atom is -0.497 e. The SMILES string of the molecule is COc1cccc(CN2CCN(C(=O)c3ccc(COc4c(F)c(F)cc(F)c4F)o3)CC2)c1. The van der Waals surface area contributed by atoms with Crippen molar-refractivity contribution in [2.75, 3.05) is 33.3 Å². The highest BCUT2D eigenvalue weighted by Crippen LogP contribution is 2.27. The van der Waals surface area contributed by atoms with Gasteiger partial charge in [-0.05, 0) is 29.8 Å². The Morgan fingerprint density at radius 3 is 2.35 bits per heavy atom. The Morgan fingerprint density at radius 1 is 0.971 bits per heavy atom. The Morgan fingerprint density at radius 2 is 1.68 bits per heavy atom. The second-order valence-electron chi connectivity index (χ2n) is 7.77. The van der Waals surface area contributed by atoms with Crippen molar-refractivity contribution >= 4 is 5.91 Å². The topological polar surface area (TPSA) is 55.2 Å². The molecule has 0 bridgehead atoms.